The van der Waals surface area contributed by atoms with Gasteiger partial charge in [-0.15, -0.1) is 0 Å². The van der Waals surface area contributed by atoms with Crippen LogP contribution in [-0.2, 0) is 11.2 Å². The van der Waals surface area contributed by atoms with Crippen molar-refractivity contribution in [2.45, 2.75) is 37.4 Å². The van der Waals surface area contributed by atoms with Crippen molar-refractivity contribution in [2.24, 2.45) is 0 Å². The third-order valence-corrected chi connectivity index (χ3v) is 6.13. The van der Waals surface area contributed by atoms with Crippen LogP contribution in [0.3, 0.4) is 0 Å². The van der Waals surface area contributed by atoms with E-state index in [9.17, 15) is 5.26 Å². The van der Waals surface area contributed by atoms with Crippen LogP contribution in [-0.4, -0.2) is 11.2 Å². The molecule has 0 fully saturated rings. The zero-order chi connectivity index (χ0) is 18.6. The zero-order valence-corrected chi connectivity index (χ0v) is 16.8. The lowest BCUT2D eigenvalue weighted by molar-refractivity contribution is 0.465. The first-order valence-corrected chi connectivity index (χ1v) is 10.6. The maximum absolute atomic E-state index is 9.26. The Balaban J connectivity index is 2.22. The smallest absolute Gasteiger partial charge is 0.0622 e. The van der Waals surface area contributed by atoms with Gasteiger partial charge < -0.3 is 4.98 Å². The molecule has 1 heterocycles. The van der Waals surface area contributed by atoms with E-state index in [1.807, 2.05) is 23.9 Å². The van der Waals surface area contributed by atoms with Crippen LogP contribution in [0.1, 0.15) is 42.9 Å². The van der Waals surface area contributed by atoms with E-state index in [4.69, 9.17) is 11.6 Å². The van der Waals surface area contributed by atoms with E-state index < -0.39 is 0 Å². The molecule has 0 aliphatic rings. The SMILES string of the molecule is CCC(CCC#N)(c1ccc(Cl)cc1)c1c[nH]c2c(CSC)cccc12. The van der Waals surface area contributed by atoms with Crippen LogP contribution in [0.25, 0.3) is 10.9 Å². The molecule has 3 aromatic rings. The number of H-pyrrole nitrogens is 1. The highest BCUT2D eigenvalue weighted by molar-refractivity contribution is 7.97. The predicted octanol–water partition coefficient (Wildman–Crippen LogP) is 6.68. The molecule has 134 valence electrons. The van der Waals surface area contributed by atoms with Gasteiger partial charge in [0.15, 0.2) is 0 Å². The van der Waals surface area contributed by atoms with Crippen molar-refractivity contribution in [1.82, 2.24) is 4.98 Å². The minimum absolute atomic E-state index is 0.198. The lowest BCUT2D eigenvalue weighted by Gasteiger charge is -2.33. The Hall–Kier alpha value is -1.89. The van der Waals surface area contributed by atoms with Crippen molar-refractivity contribution in [1.29, 1.82) is 5.26 Å². The average molecular weight is 383 g/mol. The maximum Gasteiger partial charge on any atom is 0.0622 e. The predicted molar refractivity (Wildman–Crippen MR) is 113 cm³/mol. The molecule has 2 nitrogen and oxygen atoms in total. The van der Waals surface area contributed by atoms with Crippen molar-refractivity contribution in [3.05, 3.63) is 70.4 Å². The largest absolute Gasteiger partial charge is 0.361 e. The van der Waals surface area contributed by atoms with Gasteiger partial charge in [0.25, 0.3) is 0 Å². The number of para-hydroxylation sites is 1. The standard InChI is InChI=1S/C22H23ClN2S/c1-3-22(12-5-13-24,17-8-10-18(23)11-9-17)20-14-25-21-16(15-26-2)6-4-7-19(20)21/h4,6-11,14,25H,3,5,12,15H2,1-2H3. The number of nitrogens with one attached hydrogen (secondary N) is 1. The topological polar surface area (TPSA) is 39.6 Å². The average Bonchev–Trinajstić information content (AvgIpc) is 3.10. The van der Waals surface area contributed by atoms with E-state index in [0.717, 1.165) is 23.6 Å². The second-order valence-corrected chi connectivity index (χ2v) is 7.88. The van der Waals surface area contributed by atoms with E-state index in [1.165, 1.54) is 27.6 Å². The molecule has 0 spiro atoms. The molecular weight excluding hydrogens is 360 g/mol. The Morgan fingerprint density at radius 2 is 1.96 bits per heavy atom. The molecule has 0 radical (unpaired) electrons. The molecule has 0 aliphatic heterocycles. The molecule has 1 aromatic heterocycles. The van der Waals surface area contributed by atoms with Crippen LogP contribution < -0.4 is 0 Å². The summed E-state index contributed by atoms with van der Waals surface area (Å²) in [6.07, 6.45) is 6.51. The first kappa shape index (κ1) is 18.9. The minimum atomic E-state index is -0.198. The van der Waals surface area contributed by atoms with Crippen LogP contribution in [0.5, 0.6) is 0 Å². The summed E-state index contributed by atoms with van der Waals surface area (Å²) in [5.41, 5.74) is 4.82. The Morgan fingerprint density at radius 1 is 1.19 bits per heavy atom. The fraction of sp³-hybridized carbons (Fsp3) is 0.318. The zero-order valence-electron chi connectivity index (χ0n) is 15.2. The van der Waals surface area contributed by atoms with E-state index in [1.54, 1.807) is 0 Å². The Morgan fingerprint density at radius 3 is 2.62 bits per heavy atom. The molecule has 0 saturated heterocycles. The van der Waals surface area contributed by atoms with Gasteiger partial charge in [-0.1, -0.05) is 48.9 Å². The summed E-state index contributed by atoms with van der Waals surface area (Å²) in [5, 5.41) is 11.3. The summed E-state index contributed by atoms with van der Waals surface area (Å²) in [7, 11) is 0. The van der Waals surface area contributed by atoms with E-state index in [-0.39, 0.29) is 5.41 Å². The fourth-order valence-corrected chi connectivity index (χ4v) is 4.61. The minimum Gasteiger partial charge on any atom is -0.361 e. The van der Waals surface area contributed by atoms with Gasteiger partial charge in [0.2, 0.25) is 0 Å². The van der Waals surface area contributed by atoms with Crippen molar-refractivity contribution >= 4 is 34.3 Å². The summed E-state index contributed by atoms with van der Waals surface area (Å²) in [6, 6.07) is 17.0. The quantitative estimate of drug-likeness (QED) is 0.494. The fourth-order valence-electron chi connectivity index (χ4n) is 3.93. The molecule has 0 aliphatic carbocycles. The van der Waals surface area contributed by atoms with E-state index in [2.05, 4.69) is 60.8 Å². The van der Waals surface area contributed by atoms with Gasteiger partial charge in [-0.3, -0.25) is 0 Å². The Bertz CT molecular complexity index is 923. The number of halogens is 1. The monoisotopic (exact) mass is 382 g/mol. The number of hydrogen-bond donors (Lipinski definition) is 1. The molecule has 1 atom stereocenters. The highest BCUT2D eigenvalue weighted by Crippen LogP contribution is 2.43. The van der Waals surface area contributed by atoms with Crippen LogP contribution in [0.4, 0.5) is 0 Å². The van der Waals surface area contributed by atoms with Gasteiger partial charge in [-0.2, -0.15) is 17.0 Å². The molecular formula is C22H23ClN2S. The normalized spacial score (nSPS) is 13.5. The molecule has 4 heteroatoms. The highest BCUT2D eigenvalue weighted by Gasteiger charge is 2.34. The molecule has 0 saturated carbocycles. The number of thioether (sulfide) groups is 1. The van der Waals surface area contributed by atoms with Crippen molar-refractivity contribution in [3.8, 4) is 6.07 Å². The molecule has 1 N–H and O–H groups in total. The van der Waals surface area contributed by atoms with E-state index >= 15 is 0 Å². The first-order valence-electron chi connectivity index (χ1n) is 8.87. The van der Waals surface area contributed by atoms with Crippen LogP contribution in [0, 0.1) is 11.3 Å². The first-order chi connectivity index (χ1) is 12.7. The molecule has 2 aromatic carbocycles. The lowest BCUT2D eigenvalue weighted by atomic mass is 9.69. The number of fused-ring (bicyclic) bond motifs is 1. The van der Waals surface area contributed by atoms with Gasteiger partial charge in [0, 0.05) is 39.7 Å². The summed E-state index contributed by atoms with van der Waals surface area (Å²) < 4.78 is 0. The second kappa shape index (κ2) is 8.20. The van der Waals surface area contributed by atoms with Crippen molar-refractivity contribution in [2.75, 3.05) is 6.26 Å². The van der Waals surface area contributed by atoms with Crippen LogP contribution >= 0.6 is 23.4 Å². The van der Waals surface area contributed by atoms with E-state index in [0.29, 0.717) is 6.42 Å². The van der Waals surface area contributed by atoms with Gasteiger partial charge in [0.1, 0.15) is 0 Å². The van der Waals surface area contributed by atoms with Gasteiger partial charge in [-0.25, -0.2) is 0 Å². The number of aromatic amines is 1. The third-order valence-electron chi connectivity index (χ3n) is 5.28. The highest BCUT2D eigenvalue weighted by atomic mass is 35.5. The van der Waals surface area contributed by atoms with Gasteiger partial charge in [-0.05, 0) is 47.9 Å². The second-order valence-electron chi connectivity index (χ2n) is 6.58. The molecule has 1 unspecified atom stereocenters. The van der Waals surface area contributed by atoms with Crippen LogP contribution in [0.2, 0.25) is 5.02 Å². The molecule has 0 bridgehead atoms. The summed E-state index contributed by atoms with van der Waals surface area (Å²) in [6.45, 7) is 2.20. The number of benzene rings is 2. The summed E-state index contributed by atoms with van der Waals surface area (Å²) in [5.74, 6) is 0.982. The Labute approximate surface area is 164 Å². The molecule has 0 amide bonds. The van der Waals surface area contributed by atoms with Crippen molar-refractivity contribution < 1.29 is 0 Å². The summed E-state index contributed by atoms with van der Waals surface area (Å²) in [4.78, 5) is 3.52. The molecule has 26 heavy (non-hydrogen) atoms. The number of rotatable bonds is 7. The summed E-state index contributed by atoms with van der Waals surface area (Å²) >= 11 is 7.95. The maximum atomic E-state index is 9.26. The lowest BCUT2D eigenvalue weighted by Crippen LogP contribution is -2.26. The number of hydrogen-bond acceptors (Lipinski definition) is 2. The van der Waals surface area contributed by atoms with Gasteiger partial charge in [0.05, 0.1) is 6.07 Å². The number of aromatic nitrogens is 1. The van der Waals surface area contributed by atoms with Gasteiger partial charge >= 0.3 is 0 Å². The van der Waals surface area contributed by atoms with Crippen LogP contribution in [0.15, 0.2) is 48.7 Å². The number of nitrogens with zero attached hydrogens (tertiary/aromatic N) is 1. The Kier molecular flexibility index (Phi) is 5.96. The van der Waals surface area contributed by atoms with Crippen molar-refractivity contribution in [3.63, 3.8) is 0 Å². The molecule has 3 rings (SSSR count). The number of nitriles is 1. The third kappa shape index (κ3) is 3.37.